The molecule has 0 fully saturated rings. The molecule has 0 bridgehead atoms. The zero-order valence-corrected chi connectivity index (χ0v) is 11.8. The smallest absolute Gasteiger partial charge is 0.0844 e. The largest absolute Gasteiger partial charge is 0.320 e. The number of rotatable bonds is 2. The zero-order valence-electron chi connectivity index (χ0n) is 11.1. The molecule has 3 nitrogen and oxygen atoms in total. The van der Waals surface area contributed by atoms with Crippen molar-refractivity contribution in [3.05, 3.63) is 51.8 Å². The fourth-order valence-corrected chi connectivity index (χ4v) is 2.05. The molecule has 0 aliphatic carbocycles. The Labute approximate surface area is 118 Å². The van der Waals surface area contributed by atoms with E-state index in [4.69, 9.17) is 17.3 Å². The van der Waals surface area contributed by atoms with Gasteiger partial charge in [-0.15, -0.1) is 0 Å². The molecule has 1 heterocycles. The van der Waals surface area contributed by atoms with Gasteiger partial charge in [0.05, 0.1) is 29.5 Å². The third-order valence-electron chi connectivity index (χ3n) is 2.96. The SMILES string of the molecule is Cc1nn(Cc2ccccc2C#CCN)c(C)c1Cl. The number of halogens is 1. The predicted octanol–water partition coefficient (Wildman–Crippen LogP) is 2.51. The van der Waals surface area contributed by atoms with Crippen molar-refractivity contribution in [2.24, 2.45) is 5.73 Å². The fourth-order valence-electron chi connectivity index (χ4n) is 1.92. The van der Waals surface area contributed by atoms with E-state index in [1.807, 2.05) is 42.8 Å². The number of aryl methyl sites for hydroxylation is 1. The van der Waals surface area contributed by atoms with Gasteiger partial charge in [-0.2, -0.15) is 5.10 Å². The van der Waals surface area contributed by atoms with E-state index in [9.17, 15) is 0 Å². The van der Waals surface area contributed by atoms with E-state index in [1.165, 1.54) is 0 Å². The summed E-state index contributed by atoms with van der Waals surface area (Å²) >= 11 is 6.16. The lowest BCUT2D eigenvalue weighted by Gasteiger charge is -2.07. The maximum Gasteiger partial charge on any atom is 0.0844 e. The molecular formula is C15H16ClN3. The monoisotopic (exact) mass is 273 g/mol. The van der Waals surface area contributed by atoms with Crippen LogP contribution in [0.1, 0.15) is 22.5 Å². The molecule has 2 N–H and O–H groups in total. The summed E-state index contributed by atoms with van der Waals surface area (Å²) in [5.41, 5.74) is 9.34. The molecule has 0 spiro atoms. The first-order valence-corrected chi connectivity index (χ1v) is 6.47. The van der Waals surface area contributed by atoms with Crippen LogP contribution in [0.15, 0.2) is 24.3 Å². The molecule has 1 aromatic carbocycles. The topological polar surface area (TPSA) is 43.8 Å². The maximum atomic E-state index is 6.16. The van der Waals surface area contributed by atoms with Gasteiger partial charge in [0, 0.05) is 5.56 Å². The normalized spacial score (nSPS) is 10.1. The van der Waals surface area contributed by atoms with E-state index < -0.39 is 0 Å². The average Bonchev–Trinajstić information content (AvgIpc) is 2.65. The summed E-state index contributed by atoms with van der Waals surface area (Å²) in [6.45, 7) is 4.90. The molecule has 19 heavy (non-hydrogen) atoms. The minimum Gasteiger partial charge on any atom is -0.320 e. The highest BCUT2D eigenvalue weighted by Crippen LogP contribution is 2.20. The number of benzene rings is 1. The Kier molecular flexibility index (Phi) is 4.26. The first-order valence-electron chi connectivity index (χ1n) is 6.10. The summed E-state index contributed by atoms with van der Waals surface area (Å²) in [5, 5.41) is 5.17. The highest BCUT2D eigenvalue weighted by atomic mass is 35.5. The Morgan fingerprint density at radius 3 is 2.68 bits per heavy atom. The summed E-state index contributed by atoms with van der Waals surface area (Å²) in [5.74, 6) is 5.97. The van der Waals surface area contributed by atoms with Gasteiger partial charge in [-0.25, -0.2) is 0 Å². The Balaban J connectivity index is 2.35. The van der Waals surface area contributed by atoms with Crippen molar-refractivity contribution in [2.75, 3.05) is 6.54 Å². The summed E-state index contributed by atoms with van der Waals surface area (Å²) in [6.07, 6.45) is 0. The standard InChI is InChI=1S/C15H16ClN3/c1-11-15(16)12(2)19(18-11)10-14-7-4-3-6-13(14)8-5-9-17/h3-4,6-7H,9-10,17H2,1-2H3. The minimum atomic E-state index is 0.361. The molecule has 1 aromatic heterocycles. The summed E-state index contributed by atoms with van der Waals surface area (Å²) in [6, 6.07) is 8.00. The lowest BCUT2D eigenvalue weighted by Crippen LogP contribution is -2.05. The minimum absolute atomic E-state index is 0.361. The molecule has 98 valence electrons. The molecular weight excluding hydrogens is 258 g/mol. The fraction of sp³-hybridized carbons (Fsp3) is 0.267. The second kappa shape index (κ2) is 5.92. The molecule has 2 rings (SSSR count). The van der Waals surface area contributed by atoms with Gasteiger partial charge in [-0.1, -0.05) is 41.6 Å². The maximum absolute atomic E-state index is 6.16. The van der Waals surface area contributed by atoms with Crippen LogP contribution in [0, 0.1) is 25.7 Å². The number of hydrogen-bond donors (Lipinski definition) is 1. The second-order valence-electron chi connectivity index (χ2n) is 4.31. The van der Waals surface area contributed by atoms with Crippen LogP contribution >= 0.6 is 11.6 Å². The van der Waals surface area contributed by atoms with Crippen molar-refractivity contribution in [1.82, 2.24) is 9.78 Å². The lowest BCUT2D eigenvalue weighted by atomic mass is 10.1. The lowest BCUT2D eigenvalue weighted by molar-refractivity contribution is 0.658. The van der Waals surface area contributed by atoms with Crippen molar-refractivity contribution < 1.29 is 0 Å². The van der Waals surface area contributed by atoms with Gasteiger partial charge in [0.1, 0.15) is 0 Å². The van der Waals surface area contributed by atoms with E-state index in [1.54, 1.807) is 0 Å². The molecule has 0 atom stereocenters. The molecule has 2 aromatic rings. The van der Waals surface area contributed by atoms with E-state index in [0.717, 1.165) is 27.5 Å². The number of hydrogen-bond acceptors (Lipinski definition) is 2. The van der Waals surface area contributed by atoms with E-state index in [0.29, 0.717) is 13.1 Å². The Bertz CT molecular complexity index is 647. The summed E-state index contributed by atoms with van der Waals surface area (Å²) in [7, 11) is 0. The average molecular weight is 274 g/mol. The quantitative estimate of drug-likeness (QED) is 0.855. The second-order valence-corrected chi connectivity index (χ2v) is 4.68. The van der Waals surface area contributed by atoms with Crippen LogP contribution < -0.4 is 5.73 Å². The molecule has 0 aliphatic heterocycles. The van der Waals surface area contributed by atoms with Crippen LogP contribution in [-0.2, 0) is 6.54 Å². The summed E-state index contributed by atoms with van der Waals surface area (Å²) in [4.78, 5) is 0. The van der Waals surface area contributed by atoms with Gasteiger partial charge in [-0.3, -0.25) is 4.68 Å². The van der Waals surface area contributed by atoms with Gasteiger partial charge in [0.15, 0.2) is 0 Å². The number of aromatic nitrogens is 2. The van der Waals surface area contributed by atoms with Gasteiger partial charge < -0.3 is 5.73 Å². The molecule has 0 saturated heterocycles. The predicted molar refractivity (Wildman–Crippen MR) is 78.2 cm³/mol. The van der Waals surface area contributed by atoms with Crippen LogP contribution in [0.5, 0.6) is 0 Å². The molecule has 0 amide bonds. The summed E-state index contributed by atoms with van der Waals surface area (Å²) < 4.78 is 1.90. The van der Waals surface area contributed by atoms with Crippen LogP contribution in [0.3, 0.4) is 0 Å². The van der Waals surface area contributed by atoms with E-state index in [-0.39, 0.29) is 0 Å². The number of nitrogens with zero attached hydrogens (tertiary/aromatic N) is 2. The Morgan fingerprint density at radius 1 is 1.32 bits per heavy atom. The highest BCUT2D eigenvalue weighted by Gasteiger charge is 2.10. The van der Waals surface area contributed by atoms with Crippen molar-refractivity contribution >= 4 is 11.6 Å². The first kappa shape index (κ1) is 13.7. The molecule has 0 aliphatic rings. The van der Waals surface area contributed by atoms with E-state index >= 15 is 0 Å². The molecule has 4 heteroatoms. The highest BCUT2D eigenvalue weighted by molar-refractivity contribution is 6.31. The third kappa shape index (κ3) is 2.98. The Hall–Kier alpha value is -1.76. The van der Waals surface area contributed by atoms with Gasteiger partial charge in [0.2, 0.25) is 0 Å². The Morgan fingerprint density at radius 2 is 2.05 bits per heavy atom. The van der Waals surface area contributed by atoms with E-state index in [2.05, 4.69) is 16.9 Å². The number of nitrogens with two attached hydrogens (primary N) is 1. The van der Waals surface area contributed by atoms with Crippen molar-refractivity contribution in [2.45, 2.75) is 20.4 Å². The van der Waals surface area contributed by atoms with Crippen molar-refractivity contribution in [3.8, 4) is 11.8 Å². The molecule has 0 unspecified atom stereocenters. The first-order chi connectivity index (χ1) is 9.13. The van der Waals surface area contributed by atoms with Crippen molar-refractivity contribution in [1.29, 1.82) is 0 Å². The van der Waals surface area contributed by atoms with Crippen LogP contribution in [0.4, 0.5) is 0 Å². The van der Waals surface area contributed by atoms with Crippen LogP contribution in [0.2, 0.25) is 5.02 Å². The van der Waals surface area contributed by atoms with Crippen LogP contribution in [0.25, 0.3) is 0 Å². The van der Waals surface area contributed by atoms with Crippen LogP contribution in [-0.4, -0.2) is 16.3 Å². The third-order valence-corrected chi connectivity index (χ3v) is 3.50. The van der Waals surface area contributed by atoms with Gasteiger partial charge >= 0.3 is 0 Å². The van der Waals surface area contributed by atoms with Crippen molar-refractivity contribution in [3.63, 3.8) is 0 Å². The zero-order chi connectivity index (χ0) is 13.8. The van der Waals surface area contributed by atoms with Gasteiger partial charge in [0.25, 0.3) is 0 Å². The van der Waals surface area contributed by atoms with Gasteiger partial charge in [-0.05, 0) is 25.5 Å². The molecule has 0 radical (unpaired) electrons. The molecule has 0 saturated carbocycles.